The number of dihydropyridines is 1. The van der Waals surface area contributed by atoms with E-state index in [4.69, 9.17) is 0 Å². The van der Waals surface area contributed by atoms with Crippen molar-refractivity contribution in [2.24, 2.45) is 4.99 Å². The van der Waals surface area contributed by atoms with Gasteiger partial charge in [0.25, 0.3) is 5.91 Å². The standard InChI is InChI=1S/C22H20F5N3O3/c1-11-17(24)4-5-18(28-11)13-7-14(20(31)22(25,26)27)9-15(8-13)21(32)29-12(2)19-6-3-16(23)10-30(19)33/h3-12,17,20,31H,1-2H3,(H,29,32)/t11?,12-,17?,20?/m1/s1. The number of amides is 1. The predicted molar refractivity (Wildman–Crippen MR) is 109 cm³/mol. The third kappa shape index (κ3) is 5.54. The number of alkyl halides is 4. The Bertz CT molecular complexity index is 1120. The topological polar surface area (TPSA) is 88.6 Å². The van der Waals surface area contributed by atoms with E-state index in [1.165, 1.54) is 38.1 Å². The molecule has 0 spiro atoms. The van der Waals surface area contributed by atoms with Crippen LogP contribution in [0, 0.1) is 11.0 Å². The quantitative estimate of drug-likeness (QED) is 0.398. The van der Waals surface area contributed by atoms with Crippen LogP contribution < -0.4 is 10.0 Å². The van der Waals surface area contributed by atoms with Crippen LogP contribution in [0.15, 0.2) is 53.7 Å². The van der Waals surface area contributed by atoms with Gasteiger partial charge in [-0.05, 0) is 55.8 Å². The fraction of sp³-hybridized carbons (Fsp3) is 0.318. The molecule has 3 unspecified atom stereocenters. The molecule has 3 rings (SSSR count). The van der Waals surface area contributed by atoms with Crippen LogP contribution in [-0.4, -0.2) is 35.1 Å². The molecule has 0 aliphatic carbocycles. The van der Waals surface area contributed by atoms with E-state index in [1.807, 2.05) is 0 Å². The Kier molecular flexibility index (Phi) is 6.82. The monoisotopic (exact) mass is 469 g/mol. The van der Waals surface area contributed by atoms with Crippen LogP contribution >= 0.6 is 0 Å². The summed E-state index contributed by atoms with van der Waals surface area (Å²) >= 11 is 0. The zero-order valence-electron chi connectivity index (χ0n) is 17.5. The van der Waals surface area contributed by atoms with Gasteiger partial charge in [-0.2, -0.15) is 17.9 Å². The second-order valence-electron chi connectivity index (χ2n) is 7.64. The van der Waals surface area contributed by atoms with Crippen molar-refractivity contribution in [3.05, 3.63) is 82.1 Å². The van der Waals surface area contributed by atoms with Crippen molar-refractivity contribution >= 4 is 11.6 Å². The molecule has 0 saturated carbocycles. The van der Waals surface area contributed by atoms with E-state index in [1.54, 1.807) is 0 Å². The summed E-state index contributed by atoms with van der Waals surface area (Å²) < 4.78 is 66.5. The molecule has 1 aromatic heterocycles. The second kappa shape index (κ2) is 9.26. The molecule has 2 aromatic rings. The maximum atomic E-state index is 13.7. The van der Waals surface area contributed by atoms with Gasteiger partial charge < -0.3 is 15.6 Å². The number of aromatic nitrogens is 1. The number of benzene rings is 1. The lowest BCUT2D eigenvalue weighted by Crippen LogP contribution is -2.38. The van der Waals surface area contributed by atoms with Crippen molar-refractivity contribution in [1.82, 2.24) is 5.32 Å². The number of nitrogens with zero attached hydrogens (tertiary/aromatic N) is 2. The number of aliphatic imine (C=N–C) groups is 1. The molecular weight excluding hydrogens is 449 g/mol. The Hall–Kier alpha value is -3.34. The lowest BCUT2D eigenvalue weighted by molar-refractivity contribution is -0.617. The normalized spacial score (nSPS) is 20.2. The van der Waals surface area contributed by atoms with Gasteiger partial charge in [-0.3, -0.25) is 9.79 Å². The van der Waals surface area contributed by atoms with Crippen LogP contribution in [-0.2, 0) is 0 Å². The first kappa shape index (κ1) is 24.3. The van der Waals surface area contributed by atoms with E-state index < -0.39 is 47.8 Å². The third-order valence-corrected chi connectivity index (χ3v) is 5.08. The van der Waals surface area contributed by atoms with Crippen molar-refractivity contribution in [3.63, 3.8) is 0 Å². The van der Waals surface area contributed by atoms with Gasteiger partial charge in [-0.15, -0.1) is 0 Å². The van der Waals surface area contributed by atoms with Crippen LogP contribution in [0.5, 0.6) is 0 Å². The van der Waals surface area contributed by atoms with Crippen molar-refractivity contribution in [2.45, 2.75) is 44.4 Å². The van der Waals surface area contributed by atoms with Gasteiger partial charge in [0.1, 0.15) is 12.2 Å². The SMILES string of the molecule is CC1N=C(c2cc(C(=O)N[C@H](C)c3ccc(F)c[n+]3[O-])cc(C(O)C(F)(F)F)c2)C=CC1F. The molecule has 6 nitrogen and oxygen atoms in total. The lowest BCUT2D eigenvalue weighted by Gasteiger charge is -2.20. The average molecular weight is 469 g/mol. The first-order valence-electron chi connectivity index (χ1n) is 9.86. The van der Waals surface area contributed by atoms with E-state index in [9.17, 15) is 37.1 Å². The number of nitrogens with one attached hydrogen (secondary N) is 1. The first-order valence-corrected chi connectivity index (χ1v) is 9.86. The molecule has 4 atom stereocenters. The lowest BCUT2D eigenvalue weighted by atomic mass is 9.96. The minimum absolute atomic E-state index is 0.00106. The van der Waals surface area contributed by atoms with Gasteiger partial charge in [0.05, 0.1) is 11.8 Å². The minimum Gasteiger partial charge on any atom is -0.618 e. The molecule has 2 N–H and O–H groups in total. The fourth-order valence-corrected chi connectivity index (χ4v) is 3.28. The van der Waals surface area contributed by atoms with Crippen molar-refractivity contribution in [1.29, 1.82) is 0 Å². The van der Waals surface area contributed by atoms with Crippen LogP contribution in [0.25, 0.3) is 0 Å². The van der Waals surface area contributed by atoms with Crippen molar-refractivity contribution in [2.75, 3.05) is 0 Å². The summed E-state index contributed by atoms with van der Waals surface area (Å²) in [5.74, 6) is -1.63. The molecule has 1 aromatic carbocycles. The van der Waals surface area contributed by atoms with Crippen LogP contribution in [0.3, 0.4) is 0 Å². The van der Waals surface area contributed by atoms with Crippen LogP contribution in [0.4, 0.5) is 22.0 Å². The van der Waals surface area contributed by atoms with Crippen LogP contribution in [0.2, 0.25) is 0 Å². The summed E-state index contributed by atoms with van der Waals surface area (Å²) in [6.45, 7) is 2.92. The zero-order valence-corrected chi connectivity index (χ0v) is 17.5. The molecule has 0 bridgehead atoms. The number of rotatable bonds is 5. The Labute approximate surface area is 185 Å². The van der Waals surface area contributed by atoms with Gasteiger partial charge in [-0.1, -0.05) is 0 Å². The number of aliphatic hydroxyl groups excluding tert-OH is 1. The molecule has 33 heavy (non-hydrogen) atoms. The molecule has 176 valence electrons. The zero-order chi connectivity index (χ0) is 24.5. The van der Waals surface area contributed by atoms with Gasteiger partial charge in [0, 0.05) is 17.2 Å². The molecule has 0 saturated heterocycles. The van der Waals surface area contributed by atoms with Crippen molar-refractivity contribution in [3.8, 4) is 0 Å². The van der Waals surface area contributed by atoms with Crippen molar-refractivity contribution < 1.29 is 36.6 Å². The molecular formula is C22H20F5N3O3. The summed E-state index contributed by atoms with van der Waals surface area (Å²) in [5.41, 5.74) is -0.637. The number of hydrogen-bond donors (Lipinski definition) is 2. The number of allylic oxidation sites excluding steroid dienone is 1. The molecule has 1 aliphatic rings. The molecule has 0 fully saturated rings. The number of pyridine rings is 1. The van der Waals surface area contributed by atoms with E-state index >= 15 is 0 Å². The smallest absolute Gasteiger partial charge is 0.418 e. The Morgan fingerprint density at radius 1 is 1.27 bits per heavy atom. The highest BCUT2D eigenvalue weighted by Crippen LogP contribution is 2.34. The molecule has 1 aliphatic heterocycles. The van der Waals surface area contributed by atoms with E-state index in [0.717, 1.165) is 18.2 Å². The highest BCUT2D eigenvalue weighted by atomic mass is 19.4. The van der Waals surface area contributed by atoms with Gasteiger partial charge in [-0.25, -0.2) is 8.78 Å². The number of aliphatic hydroxyl groups is 1. The molecule has 1 amide bonds. The fourth-order valence-electron chi connectivity index (χ4n) is 3.28. The largest absolute Gasteiger partial charge is 0.618 e. The maximum Gasteiger partial charge on any atom is 0.418 e. The average Bonchev–Trinajstić information content (AvgIpc) is 2.74. The van der Waals surface area contributed by atoms with Gasteiger partial charge in [0.2, 0.25) is 11.9 Å². The van der Waals surface area contributed by atoms with Gasteiger partial charge in [0.15, 0.2) is 11.9 Å². The number of carbonyl (C=O) groups is 1. The Morgan fingerprint density at radius 3 is 2.58 bits per heavy atom. The minimum atomic E-state index is -5.00. The van der Waals surface area contributed by atoms with E-state index in [0.29, 0.717) is 6.20 Å². The summed E-state index contributed by atoms with van der Waals surface area (Å²) in [7, 11) is 0. The Balaban J connectivity index is 1.98. The summed E-state index contributed by atoms with van der Waals surface area (Å²) in [5, 5.41) is 24.1. The molecule has 0 radical (unpaired) electrons. The van der Waals surface area contributed by atoms with Crippen LogP contribution in [0.1, 0.15) is 53.2 Å². The predicted octanol–water partition coefficient (Wildman–Crippen LogP) is 3.63. The molecule has 11 heteroatoms. The number of halogens is 5. The summed E-state index contributed by atoms with van der Waals surface area (Å²) in [6, 6.07) is 3.63. The number of carbonyl (C=O) groups excluding carboxylic acids is 1. The highest BCUT2D eigenvalue weighted by Gasteiger charge is 2.40. The van der Waals surface area contributed by atoms with E-state index in [-0.39, 0.29) is 27.3 Å². The Morgan fingerprint density at radius 2 is 1.97 bits per heavy atom. The first-order chi connectivity index (χ1) is 15.4. The van der Waals surface area contributed by atoms with Gasteiger partial charge >= 0.3 is 6.18 Å². The molecule has 2 heterocycles. The number of hydrogen-bond acceptors (Lipinski definition) is 4. The highest BCUT2D eigenvalue weighted by molar-refractivity contribution is 6.10. The second-order valence-corrected chi connectivity index (χ2v) is 7.64. The maximum absolute atomic E-state index is 13.7. The summed E-state index contributed by atoms with van der Waals surface area (Å²) in [6.07, 6.45) is -6.08. The third-order valence-electron chi connectivity index (χ3n) is 5.08. The van der Waals surface area contributed by atoms with E-state index in [2.05, 4.69) is 10.3 Å². The summed E-state index contributed by atoms with van der Waals surface area (Å²) in [4.78, 5) is 16.9.